The van der Waals surface area contributed by atoms with Crippen molar-refractivity contribution in [2.45, 2.75) is 39.7 Å². The van der Waals surface area contributed by atoms with E-state index < -0.39 is 0 Å². The smallest absolute Gasteiger partial charge is 0.128 e. The Hall–Kier alpha value is -1.09. The van der Waals surface area contributed by atoms with Gasteiger partial charge >= 0.3 is 0 Å². The van der Waals surface area contributed by atoms with Crippen molar-refractivity contribution in [1.82, 2.24) is 9.55 Å². The van der Waals surface area contributed by atoms with Gasteiger partial charge in [-0.3, -0.25) is 0 Å². The Kier molecular flexibility index (Phi) is 4.23. The van der Waals surface area contributed by atoms with Gasteiger partial charge in [0.05, 0.1) is 11.0 Å². The summed E-state index contributed by atoms with van der Waals surface area (Å²) in [6, 6.07) is 3.40. The first-order chi connectivity index (χ1) is 8.67. The van der Waals surface area contributed by atoms with Gasteiger partial charge in [0.25, 0.3) is 0 Å². The zero-order valence-corrected chi connectivity index (χ0v) is 11.6. The van der Waals surface area contributed by atoms with Gasteiger partial charge in [0.2, 0.25) is 0 Å². The Morgan fingerprint density at radius 2 is 2.17 bits per heavy atom. The van der Waals surface area contributed by atoms with Crippen LogP contribution in [0, 0.1) is 12.7 Å². The van der Waals surface area contributed by atoms with Crippen LogP contribution in [0.25, 0.3) is 11.0 Å². The van der Waals surface area contributed by atoms with Gasteiger partial charge in [0, 0.05) is 24.9 Å². The second kappa shape index (κ2) is 5.70. The molecule has 2 nitrogen and oxygen atoms in total. The lowest BCUT2D eigenvalue weighted by Crippen LogP contribution is -2.04. The van der Waals surface area contributed by atoms with E-state index in [1.165, 1.54) is 6.07 Å². The molecule has 0 aliphatic rings. The summed E-state index contributed by atoms with van der Waals surface area (Å²) in [5.41, 5.74) is 2.41. The largest absolute Gasteiger partial charge is 0.328 e. The SMILES string of the molecule is CCCCn1c(CCCl)nc2cc(F)c(C)cc21. The number of alkyl halides is 1. The van der Waals surface area contributed by atoms with Crippen LogP contribution in [-0.4, -0.2) is 15.4 Å². The van der Waals surface area contributed by atoms with E-state index in [-0.39, 0.29) is 5.82 Å². The monoisotopic (exact) mass is 268 g/mol. The van der Waals surface area contributed by atoms with Crippen LogP contribution in [-0.2, 0) is 13.0 Å². The third kappa shape index (κ3) is 2.51. The molecule has 0 bridgehead atoms. The quantitative estimate of drug-likeness (QED) is 0.748. The number of fused-ring (bicyclic) bond motifs is 1. The Balaban J connectivity index is 2.53. The number of halogens is 2. The number of benzene rings is 1. The van der Waals surface area contributed by atoms with Crippen molar-refractivity contribution in [2.24, 2.45) is 0 Å². The topological polar surface area (TPSA) is 17.8 Å². The van der Waals surface area contributed by atoms with Gasteiger partial charge in [-0.15, -0.1) is 11.6 Å². The molecule has 0 unspecified atom stereocenters. The van der Waals surface area contributed by atoms with Crippen molar-refractivity contribution in [2.75, 3.05) is 5.88 Å². The maximum atomic E-state index is 13.6. The summed E-state index contributed by atoms with van der Waals surface area (Å²) in [7, 11) is 0. The maximum absolute atomic E-state index is 13.6. The highest BCUT2D eigenvalue weighted by Crippen LogP contribution is 2.21. The third-order valence-corrected chi connectivity index (χ3v) is 3.35. The van der Waals surface area contributed by atoms with Crippen LogP contribution in [0.4, 0.5) is 4.39 Å². The van der Waals surface area contributed by atoms with E-state index in [1.807, 2.05) is 6.07 Å². The second-order valence-electron chi connectivity index (χ2n) is 4.56. The molecule has 0 saturated carbocycles. The van der Waals surface area contributed by atoms with Crippen LogP contribution < -0.4 is 0 Å². The maximum Gasteiger partial charge on any atom is 0.128 e. The molecule has 0 fully saturated rings. The highest BCUT2D eigenvalue weighted by atomic mass is 35.5. The van der Waals surface area contributed by atoms with Crippen LogP contribution in [0.2, 0.25) is 0 Å². The van der Waals surface area contributed by atoms with Crippen molar-refractivity contribution in [3.63, 3.8) is 0 Å². The fourth-order valence-corrected chi connectivity index (χ4v) is 2.31. The molecule has 18 heavy (non-hydrogen) atoms. The molecule has 1 heterocycles. The predicted octanol–water partition coefficient (Wildman–Crippen LogP) is 4.07. The summed E-state index contributed by atoms with van der Waals surface area (Å²) in [6.45, 7) is 4.86. The highest BCUT2D eigenvalue weighted by Gasteiger charge is 2.12. The summed E-state index contributed by atoms with van der Waals surface area (Å²) < 4.78 is 15.7. The zero-order valence-electron chi connectivity index (χ0n) is 10.8. The van der Waals surface area contributed by atoms with Gasteiger partial charge < -0.3 is 4.57 Å². The Bertz CT molecular complexity index is 548. The molecule has 1 aromatic carbocycles. The molecule has 0 atom stereocenters. The molecule has 0 aliphatic heterocycles. The lowest BCUT2D eigenvalue weighted by atomic mass is 10.2. The van der Waals surface area contributed by atoms with E-state index in [1.54, 1.807) is 6.92 Å². The predicted molar refractivity (Wildman–Crippen MR) is 73.8 cm³/mol. The number of hydrogen-bond acceptors (Lipinski definition) is 1. The minimum Gasteiger partial charge on any atom is -0.328 e. The molecule has 0 spiro atoms. The fourth-order valence-electron chi connectivity index (χ4n) is 2.14. The normalized spacial score (nSPS) is 11.3. The minimum absolute atomic E-state index is 0.194. The van der Waals surface area contributed by atoms with Crippen LogP contribution in [0.15, 0.2) is 12.1 Å². The van der Waals surface area contributed by atoms with Gasteiger partial charge in [-0.05, 0) is 25.0 Å². The van der Waals surface area contributed by atoms with Crippen molar-refractivity contribution in [3.05, 3.63) is 29.3 Å². The molecule has 2 aromatic rings. The summed E-state index contributed by atoms with van der Waals surface area (Å²) in [5, 5.41) is 0. The van der Waals surface area contributed by atoms with Crippen LogP contribution in [0.1, 0.15) is 31.2 Å². The number of imidazole rings is 1. The van der Waals surface area contributed by atoms with Gasteiger partial charge in [-0.2, -0.15) is 0 Å². The molecule has 0 radical (unpaired) electrons. The number of aromatic nitrogens is 2. The third-order valence-electron chi connectivity index (χ3n) is 3.16. The number of hydrogen-bond donors (Lipinski definition) is 0. The Morgan fingerprint density at radius 3 is 2.83 bits per heavy atom. The lowest BCUT2D eigenvalue weighted by molar-refractivity contribution is 0.615. The number of aryl methyl sites for hydroxylation is 3. The molecule has 0 aliphatic carbocycles. The van der Waals surface area contributed by atoms with Gasteiger partial charge in [0.1, 0.15) is 11.6 Å². The highest BCUT2D eigenvalue weighted by molar-refractivity contribution is 6.17. The lowest BCUT2D eigenvalue weighted by Gasteiger charge is -2.07. The van der Waals surface area contributed by atoms with Crippen molar-refractivity contribution >= 4 is 22.6 Å². The molecule has 0 saturated heterocycles. The first kappa shape index (κ1) is 13.3. The van der Waals surface area contributed by atoms with Crippen LogP contribution in [0.5, 0.6) is 0 Å². The summed E-state index contributed by atoms with van der Waals surface area (Å²) in [5.74, 6) is 1.30. The average Bonchev–Trinajstić information content (AvgIpc) is 2.65. The van der Waals surface area contributed by atoms with Gasteiger partial charge in [-0.1, -0.05) is 13.3 Å². The second-order valence-corrected chi connectivity index (χ2v) is 4.94. The zero-order chi connectivity index (χ0) is 13.1. The Morgan fingerprint density at radius 1 is 1.39 bits per heavy atom. The molecule has 4 heteroatoms. The molecule has 98 valence electrons. The van der Waals surface area contributed by atoms with E-state index in [0.29, 0.717) is 11.4 Å². The van der Waals surface area contributed by atoms with E-state index in [4.69, 9.17) is 11.6 Å². The van der Waals surface area contributed by atoms with Crippen molar-refractivity contribution < 1.29 is 4.39 Å². The molecular weight excluding hydrogens is 251 g/mol. The summed E-state index contributed by atoms with van der Waals surface area (Å²) in [4.78, 5) is 4.50. The molecular formula is C14H18ClFN2. The van der Waals surface area contributed by atoms with Crippen LogP contribution >= 0.6 is 11.6 Å². The first-order valence-corrected chi connectivity index (χ1v) is 6.92. The Labute approximate surface area is 112 Å². The molecule has 0 amide bonds. The average molecular weight is 269 g/mol. The summed E-state index contributed by atoms with van der Waals surface area (Å²) >= 11 is 5.80. The molecule has 2 rings (SSSR count). The van der Waals surface area contributed by atoms with Gasteiger partial charge in [-0.25, -0.2) is 9.37 Å². The first-order valence-electron chi connectivity index (χ1n) is 6.38. The van der Waals surface area contributed by atoms with Crippen molar-refractivity contribution in [3.8, 4) is 0 Å². The molecule has 0 N–H and O–H groups in total. The molecule has 1 aromatic heterocycles. The fraction of sp³-hybridized carbons (Fsp3) is 0.500. The number of nitrogens with zero attached hydrogens (tertiary/aromatic N) is 2. The van der Waals surface area contributed by atoms with E-state index >= 15 is 0 Å². The summed E-state index contributed by atoms with van der Waals surface area (Å²) in [6.07, 6.45) is 2.94. The van der Waals surface area contributed by atoms with Crippen LogP contribution in [0.3, 0.4) is 0 Å². The standard InChI is InChI=1S/C14H18ClFN2/c1-3-4-7-18-13-8-10(2)11(16)9-12(13)17-14(18)5-6-15/h8-9H,3-7H2,1-2H3. The minimum atomic E-state index is -0.194. The van der Waals surface area contributed by atoms with Crippen molar-refractivity contribution in [1.29, 1.82) is 0 Å². The van der Waals surface area contributed by atoms with E-state index in [0.717, 1.165) is 42.7 Å². The number of rotatable bonds is 5. The van der Waals surface area contributed by atoms with Gasteiger partial charge in [0.15, 0.2) is 0 Å². The van der Waals surface area contributed by atoms with E-state index in [9.17, 15) is 4.39 Å². The number of unbranched alkanes of at least 4 members (excludes halogenated alkanes) is 1. The van der Waals surface area contributed by atoms with E-state index in [2.05, 4.69) is 16.5 Å².